The molecule has 0 N–H and O–H groups in total. The number of aromatic nitrogens is 3. The van der Waals surface area contributed by atoms with Crippen LogP contribution in [0.2, 0.25) is 0 Å². The largest absolute Gasteiger partial charge is 0.290 e. The van der Waals surface area contributed by atoms with Gasteiger partial charge in [0.1, 0.15) is 12.4 Å². The lowest BCUT2D eigenvalue weighted by molar-refractivity contribution is 1.08. The minimum absolute atomic E-state index is 0.374. The number of hydrogen-bond acceptors (Lipinski definition) is 3. The van der Waals surface area contributed by atoms with E-state index in [9.17, 15) is 0 Å². The van der Waals surface area contributed by atoms with Crippen molar-refractivity contribution in [3.05, 3.63) is 30.0 Å². The molecule has 0 aliphatic carbocycles. The molecule has 0 atom stereocenters. The molecule has 12 heavy (non-hydrogen) atoms. The zero-order valence-electron chi connectivity index (χ0n) is 6.52. The Morgan fingerprint density at radius 1 is 1.58 bits per heavy atom. The van der Waals surface area contributed by atoms with Crippen molar-refractivity contribution in [3.8, 4) is 6.07 Å². The Kier molecular flexibility index (Phi) is 1.31. The second kappa shape index (κ2) is 2.31. The van der Waals surface area contributed by atoms with E-state index >= 15 is 0 Å². The van der Waals surface area contributed by atoms with Crippen LogP contribution in [0.1, 0.15) is 11.4 Å². The van der Waals surface area contributed by atoms with Gasteiger partial charge in [-0.25, -0.2) is 9.97 Å². The number of imidazole rings is 1. The van der Waals surface area contributed by atoms with Crippen molar-refractivity contribution in [3.63, 3.8) is 0 Å². The number of fused-ring (bicyclic) bond motifs is 1. The molecule has 0 aliphatic rings. The molecule has 0 aromatic carbocycles. The monoisotopic (exact) mass is 158 g/mol. The third kappa shape index (κ3) is 0.839. The fourth-order valence-corrected chi connectivity index (χ4v) is 1.05. The Morgan fingerprint density at radius 2 is 2.42 bits per heavy atom. The average molecular weight is 158 g/mol. The second-order valence-electron chi connectivity index (χ2n) is 2.50. The molecular formula is C8H6N4. The molecule has 0 amide bonds. The van der Waals surface area contributed by atoms with Crippen LogP contribution in [-0.2, 0) is 0 Å². The molecule has 0 radical (unpaired) electrons. The first-order chi connectivity index (χ1) is 5.81. The van der Waals surface area contributed by atoms with Gasteiger partial charge in [-0.2, -0.15) is 5.26 Å². The van der Waals surface area contributed by atoms with E-state index in [0.29, 0.717) is 11.3 Å². The number of aryl methyl sites for hydroxylation is 1. The highest BCUT2D eigenvalue weighted by molar-refractivity contribution is 5.51. The number of nitrogens with zero attached hydrogens (tertiary/aromatic N) is 4. The lowest BCUT2D eigenvalue weighted by Gasteiger charge is -1.93. The first-order valence-electron chi connectivity index (χ1n) is 3.51. The van der Waals surface area contributed by atoms with Crippen molar-refractivity contribution in [2.45, 2.75) is 6.92 Å². The van der Waals surface area contributed by atoms with E-state index in [1.54, 1.807) is 10.7 Å². The molecule has 4 nitrogen and oxygen atoms in total. The molecule has 2 rings (SSSR count). The highest BCUT2D eigenvalue weighted by Crippen LogP contribution is 2.05. The summed E-state index contributed by atoms with van der Waals surface area (Å²) in [4.78, 5) is 8.08. The van der Waals surface area contributed by atoms with E-state index in [1.165, 1.54) is 0 Å². The summed E-state index contributed by atoms with van der Waals surface area (Å²) >= 11 is 0. The van der Waals surface area contributed by atoms with E-state index < -0.39 is 0 Å². The van der Waals surface area contributed by atoms with Gasteiger partial charge in [0.15, 0.2) is 11.3 Å². The molecule has 2 aromatic heterocycles. The highest BCUT2D eigenvalue weighted by Gasteiger charge is 2.03. The number of hydrogen-bond donors (Lipinski definition) is 0. The van der Waals surface area contributed by atoms with E-state index in [0.717, 1.165) is 5.69 Å². The maximum Gasteiger partial charge on any atom is 0.185 e. The van der Waals surface area contributed by atoms with Gasteiger partial charge in [0.05, 0.1) is 0 Å². The van der Waals surface area contributed by atoms with E-state index in [4.69, 9.17) is 5.26 Å². The van der Waals surface area contributed by atoms with Crippen LogP contribution >= 0.6 is 0 Å². The third-order valence-corrected chi connectivity index (χ3v) is 1.63. The van der Waals surface area contributed by atoms with Crippen LogP contribution in [-0.4, -0.2) is 14.4 Å². The summed E-state index contributed by atoms with van der Waals surface area (Å²) in [5.41, 5.74) is 1.88. The molecule has 0 saturated carbocycles. The summed E-state index contributed by atoms with van der Waals surface area (Å²) < 4.78 is 1.73. The fourth-order valence-electron chi connectivity index (χ4n) is 1.05. The maximum absolute atomic E-state index is 8.65. The van der Waals surface area contributed by atoms with Gasteiger partial charge in [-0.1, -0.05) is 0 Å². The zero-order valence-corrected chi connectivity index (χ0v) is 6.52. The van der Waals surface area contributed by atoms with Crippen LogP contribution in [0.25, 0.3) is 5.65 Å². The molecule has 0 unspecified atom stereocenters. The lowest BCUT2D eigenvalue weighted by atomic mass is 10.4. The van der Waals surface area contributed by atoms with Crippen LogP contribution in [0.4, 0.5) is 0 Å². The van der Waals surface area contributed by atoms with Crippen LogP contribution in [0, 0.1) is 18.3 Å². The third-order valence-electron chi connectivity index (χ3n) is 1.63. The maximum atomic E-state index is 8.65. The van der Waals surface area contributed by atoms with Crippen molar-refractivity contribution < 1.29 is 0 Å². The van der Waals surface area contributed by atoms with E-state index in [-0.39, 0.29) is 0 Å². The minimum Gasteiger partial charge on any atom is -0.290 e. The smallest absolute Gasteiger partial charge is 0.185 e. The van der Waals surface area contributed by atoms with Crippen molar-refractivity contribution >= 4 is 5.65 Å². The van der Waals surface area contributed by atoms with Gasteiger partial charge in [0, 0.05) is 11.9 Å². The Bertz CT molecular complexity index is 463. The summed E-state index contributed by atoms with van der Waals surface area (Å²) in [6.45, 7) is 1.88. The van der Waals surface area contributed by atoms with Gasteiger partial charge in [0.2, 0.25) is 0 Å². The summed E-state index contributed by atoms with van der Waals surface area (Å²) in [7, 11) is 0. The van der Waals surface area contributed by atoms with E-state index in [2.05, 4.69) is 9.97 Å². The van der Waals surface area contributed by atoms with Gasteiger partial charge in [-0.15, -0.1) is 0 Å². The molecule has 0 bridgehead atoms. The fraction of sp³-hybridized carbons (Fsp3) is 0.125. The standard InChI is InChI=1S/C8H6N4/c1-6-2-3-12-5-10-7(4-9)8(12)11-6/h2-3,5H,1H3. The SMILES string of the molecule is Cc1ccn2cnc(C#N)c2n1. The van der Waals surface area contributed by atoms with Crippen molar-refractivity contribution in [1.82, 2.24) is 14.4 Å². The van der Waals surface area contributed by atoms with Crippen LogP contribution in [0.15, 0.2) is 18.6 Å². The van der Waals surface area contributed by atoms with Gasteiger partial charge in [0.25, 0.3) is 0 Å². The molecule has 58 valence electrons. The second-order valence-corrected chi connectivity index (χ2v) is 2.50. The normalized spacial score (nSPS) is 10.0. The zero-order chi connectivity index (χ0) is 8.55. The number of rotatable bonds is 0. The Hall–Kier alpha value is -1.89. The van der Waals surface area contributed by atoms with Crippen molar-refractivity contribution in [2.75, 3.05) is 0 Å². The quantitative estimate of drug-likeness (QED) is 0.572. The molecular weight excluding hydrogens is 152 g/mol. The minimum atomic E-state index is 0.374. The van der Waals surface area contributed by atoms with Gasteiger partial charge in [-0.05, 0) is 13.0 Å². The molecule has 0 spiro atoms. The Balaban J connectivity index is 2.86. The molecule has 2 heterocycles. The Morgan fingerprint density at radius 3 is 3.17 bits per heavy atom. The first kappa shape index (κ1) is 6.80. The van der Waals surface area contributed by atoms with Crippen LogP contribution in [0.3, 0.4) is 0 Å². The average Bonchev–Trinajstić information content (AvgIpc) is 2.46. The highest BCUT2D eigenvalue weighted by atomic mass is 15.0. The summed E-state index contributed by atoms with van der Waals surface area (Å²) in [6.07, 6.45) is 3.42. The van der Waals surface area contributed by atoms with Crippen molar-refractivity contribution in [1.29, 1.82) is 5.26 Å². The first-order valence-corrected chi connectivity index (χ1v) is 3.51. The number of nitriles is 1. The van der Waals surface area contributed by atoms with Crippen LogP contribution < -0.4 is 0 Å². The molecule has 4 heteroatoms. The van der Waals surface area contributed by atoms with E-state index in [1.807, 2.05) is 25.3 Å². The predicted octanol–water partition coefficient (Wildman–Crippen LogP) is 0.909. The Labute approximate surface area is 69.1 Å². The lowest BCUT2D eigenvalue weighted by Crippen LogP contribution is -1.89. The topological polar surface area (TPSA) is 54.0 Å². The van der Waals surface area contributed by atoms with Crippen LogP contribution in [0.5, 0.6) is 0 Å². The summed E-state index contributed by atoms with van der Waals surface area (Å²) in [5, 5.41) is 8.65. The predicted molar refractivity (Wildman–Crippen MR) is 42.4 cm³/mol. The van der Waals surface area contributed by atoms with Gasteiger partial charge in [-0.3, -0.25) is 4.40 Å². The molecule has 0 saturated heterocycles. The van der Waals surface area contributed by atoms with Gasteiger partial charge >= 0.3 is 0 Å². The molecule has 0 fully saturated rings. The summed E-state index contributed by atoms with van der Waals surface area (Å²) in [6, 6.07) is 3.85. The van der Waals surface area contributed by atoms with Crippen molar-refractivity contribution in [2.24, 2.45) is 0 Å². The molecule has 0 aliphatic heterocycles. The molecule has 2 aromatic rings. The van der Waals surface area contributed by atoms with Gasteiger partial charge < -0.3 is 0 Å². The summed E-state index contributed by atoms with van der Waals surface area (Å²) in [5.74, 6) is 0.